The molecule has 1 aromatic heterocycles. The van der Waals surface area contributed by atoms with Crippen molar-refractivity contribution < 1.29 is 4.79 Å². The van der Waals surface area contributed by atoms with Crippen LogP contribution in [0.1, 0.15) is 56.1 Å². The smallest absolute Gasteiger partial charge is 0.251 e. The number of pyridine rings is 1. The summed E-state index contributed by atoms with van der Waals surface area (Å²) in [6.45, 7) is 6.19. The van der Waals surface area contributed by atoms with Gasteiger partial charge in [-0.05, 0) is 31.4 Å². The molecule has 0 saturated carbocycles. The minimum absolute atomic E-state index is 0.0608. The molecule has 0 fully saturated rings. The molecule has 1 aromatic rings. The van der Waals surface area contributed by atoms with Gasteiger partial charge in [0.1, 0.15) is 5.15 Å². The molecule has 18 heavy (non-hydrogen) atoms. The van der Waals surface area contributed by atoms with Crippen molar-refractivity contribution in [1.29, 1.82) is 0 Å². The normalized spacial score (nSPS) is 12.2. The number of aryl methyl sites for hydroxylation is 1. The van der Waals surface area contributed by atoms with Gasteiger partial charge in [-0.3, -0.25) is 4.79 Å². The van der Waals surface area contributed by atoms with Gasteiger partial charge >= 0.3 is 0 Å². The molecule has 0 aliphatic heterocycles. The van der Waals surface area contributed by atoms with Crippen LogP contribution < -0.4 is 5.32 Å². The molecular formula is C14H21ClN2O. The van der Waals surface area contributed by atoms with Crippen LogP contribution in [0.3, 0.4) is 0 Å². The summed E-state index contributed by atoms with van der Waals surface area (Å²) < 4.78 is 0. The van der Waals surface area contributed by atoms with Gasteiger partial charge in [0.25, 0.3) is 5.91 Å². The summed E-state index contributed by atoms with van der Waals surface area (Å²) >= 11 is 5.91. The van der Waals surface area contributed by atoms with E-state index in [2.05, 4.69) is 24.1 Å². The van der Waals surface area contributed by atoms with Gasteiger partial charge < -0.3 is 5.32 Å². The van der Waals surface area contributed by atoms with Crippen molar-refractivity contribution in [3.8, 4) is 0 Å². The second-order valence-corrected chi connectivity index (χ2v) is 4.78. The van der Waals surface area contributed by atoms with E-state index in [4.69, 9.17) is 11.6 Å². The first-order valence-electron chi connectivity index (χ1n) is 6.58. The van der Waals surface area contributed by atoms with Crippen LogP contribution in [0.5, 0.6) is 0 Å². The fourth-order valence-corrected chi connectivity index (χ4v) is 2.09. The van der Waals surface area contributed by atoms with Gasteiger partial charge in [0.2, 0.25) is 0 Å². The molecule has 0 saturated heterocycles. The van der Waals surface area contributed by atoms with Crippen molar-refractivity contribution in [1.82, 2.24) is 10.3 Å². The summed E-state index contributed by atoms with van der Waals surface area (Å²) in [6, 6.07) is 3.66. The van der Waals surface area contributed by atoms with Crippen LogP contribution in [0.4, 0.5) is 0 Å². The molecule has 1 heterocycles. The number of amides is 1. The van der Waals surface area contributed by atoms with E-state index in [9.17, 15) is 4.79 Å². The van der Waals surface area contributed by atoms with E-state index in [1.54, 1.807) is 12.1 Å². The number of hydrogen-bond donors (Lipinski definition) is 1. The Hall–Kier alpha value is -1.09. The maximum Gasteiger partial charge on any atom is 0.251 e. The van der Waals surface area contributed by atoms with Crippen molar-refractivity contribution in [3.63, 3.8) is 0 Å². The van der Waals surface area contributed by atoms with E-state index in [1.165, 1.54) is 0 Å². The summed E-state index contributed by atoms with van der Waals surface area (Å²) in [5, 5.41) is 3.41. The molecule has 0 aliphatic rings. The molecule has 0 aromatic carbocycles. The monoisotopic (exact) mass is 268 g/mol. The highest BCUT2D eigenvalue weighted by molar-refractivity contribution is 6.29. The quantitative estimate of drug-likeness (QED) is 0.801. The number of hydrogen-bond acceptors (Lipinski definition) is 2. The van der Waals surface area contributed by atoms with Crippen LogP contribution in [0.2, 0.25) is 5.15 Å². The number of nitrogens with one attached hydrogen (secondary N) is 1. The second-order valence-electron chi connectivity index (χ2n) is 4.39. The molecule has 0 bridgehead atoms. The molecule has 1 atom stereocenters. The summed E-state index contributed by atoms with van der Waals surface area (Å²) in [4.78, 5) is 16.3. The number of carbonyl (C=O) groups is 1. The Morgan fingerprint density at radius 1 is 1.39 bits per heavy atom. The fraction of sp³-hybridized carbons (Fsp3) is 0.571. The van der Waals surface area contributed by atoms with Crippen LogP contribution in [-0.2, 0) is 6.42 Å². The predicted molar refractivity (Wildman–Crippen MR) is 75.1 cm³/mol. The van der Waals surface area contributed by atoms with Gasteiger partial charge in [-0.25, -0.2) is 4.98 Å². The minimum atomic E-state index is -0.0608. The van der Waals surface area contributed by atoms with E-state index in [1.807, 2.05) is 6.92 Å². The maximum atomic E-state index is 12.1. The van der Waals surface area contributed by atoms with Crippen molar-refractivity contribution >= 4 is 17.5 Å². The zero-order valence-electron chi connectivity index (χ0n) is 11.3. The molecular weight excluding hydrogens is 248 g/mol. The van der Waals surface area contributed by atoms with Gasteiger partial charge in [-0.2, -0.15) is 0 Å². The SMILES string of the molecule is CCCC(CC)NC(=O)c1cc(Cl)nc(CC)c1. The van der Waals surface area contributed by atoms with Crippen LogP contribution in [0.25, 0.3) is 0 Å². The average Bonchev–Trinajstić information content (AvgIpc) is 2.37. The second kappa shape index (κ2) is 7.37. The molecule has 1 amide bonds. The molecule has 1 N–H and O–H groups in total. The molecule has 4 heteroatoms. The largest absolute Gasteiger partial charge is 0.349 e. The lowest BCUT2D eigenvalue weighted by Gasteiger charge is -2.16. The van der Waals surface area contributed by atoms with Crippen LogP contribution in [0.15, 0.2) is 12.1 Å². The number of nitrogens with zero attached hydrogens (tertiary/aromatic N) is 1. The molecule has 1 rings (SSSR count). The number of rotatable bonds is 6. The third kappa shape index (κ3) is 4.30. The summed E-state index contributed by atoms with van der Waals surface area (Å²) in [5.41, 5.74) is 1.44. The van der Waals surface area contributed by atoms with Crippen LogP contribution in [0, 0.1) is 0 Å². The van der Waals surface area contributed by atoms with Gasteiger partial charge in [0.05, 0.1) is 0 Å². The Morgan fingerprint density at radius 2 is 2.11 bits per heavy atom. The van der Waals surface area contributed by atoms with Crippen molar-refractivity contribution in [2.45, 2.75) is 52.5 Å². The lowest BCUT2D eigenvalue weighted by Crippen LogP contribution is -2.34. The van der Waals surface area contributed by atoms with E-state index >= 15 is 0 Å². The zero-order chi connectivity index (χ0) is 13.5. The highest BCUT2D eigenvalue weighted by Gasteiger charge is 2.13. The topological polar surface area (TPSA) is 42.0 Å². The Bertz CT molecular complexity index is 407. The van der Waals surface area contributed by atoms with Crippen LogP contribution in [-0.4, -0.2) is 16.9 Å². The minimum Gasteiger partial charge on any atom is -0.349 e. The van der Waals surface area contributed by atoms with E-state index in [-0.39, 0.29) is 11.9 Å². The number of aromatic nitrogens is 1. The highest BCUT2D eigenvalue weighted by atomic mass is 35.5. The Balaban J connectivity index is 2.79. The maximum absolute atomic E-state index is 12.1. The Kier molecular flexibility index (Phi) is 6.13. The number of carbonyl (C=O) groups excluding carboxylic acids is 1. The Labute approximate surface area is 114 Å². The van der Waals surface area contributed by atoms with Crippen LogP contribution >= 0.6 is 11.6 Å². The standard InChI is InChI=1S/C14H21ClN2O/c1-4-7-11(5-2)17-14(18)10-8-12(6-3)16-13(15)9-10/h8-9,11H,4-7H2,1-3H3,(H,17,18). The van der Waals surface area contributed by atoms with Crippen molar-refractivity contribution in [2.24, 2.45) is 0 Å². The highest BCUT2D eigenvalue weighted by Crippen LogP contribution is 2.12. The summed E-state index contributed by atoms with van der Waals surface area (Å²) in [7, 11) is 0. The molecule has 3 nitrogen and oxygen atoms in total. The first-order chi connectivity index (χ1) is 8.60. The van der Waals surface area contributed by atoms with E-state index in [0.29, 0.717) is 10.7 Å². The third-order valence-corrected chi connectivity index (χ3v) is 3.13. The van der Waals surface area contributed by atoms with Crippen molar-refractivity contribution in [2.75, 3.05) is 0 Å². The fourth-order valence-electron chi connectivity index (χ4n) is 1.86. The third-order valence-electron chi connectivity index (χ3n) is 2.94. The van der Waals surface area contributed by atoms with Crippen molar-refractivity contribution in [3.05, 3.63) is 28.5 Å². The van der Waals surface area contributed by atoms with E-state index in [0.717, 1.165) is 31.4 Å². The summed E-state index contributed by atoms with van der Waals surface area (Å²) in [6.07, 6.45) is 3.78. The predicted octanol–water partition coefficient (Wildman–Crippen LogP) is 3.61. The Morgan fingerprint density at radius 3 is 2.67 bits per heavy atom. The average molecular weight is 269 g/mol. The molecule has 0 spiro atoms. The first-order valence-corrected chi connectivity index (χ1v) is 6.95. The number of halogens is 1. The lowest BCUT2D eigenvalue weighted by molar-refractivity contribution is 0.0933. The van der Waals surface area contributed by atoms with E-state index < -0.39 is 0 Å². The molecule has 100 valence electrons. The zero-order valence-corrected chi connectivity index (χ0v) is 12.0. The van der Waals surface area contributed by atoms with Gasteiger partial charge in [-0.15, -0.1) is 0 Å². The first kappa shape index (κ1) is 15.0. The van der Waals surface area contributed by atoms with Gasteiger partial charge in [0.15, 0.2) is 0 Å². The lowest BCUT2D eigenvalue weighted by atomic mass is 10.1. The van der Waals surface area contributed by atoms with Gasteiger partial charge in [0, 0.05) is 17.3 Å². The molecule has 1 unspecified atom stereocenters. The summed E-state index contributed by atoms with van der Waals surface area (Å²) in [5.74, 6) is -0.0608. The molecule has 0 aliphatic carbocycles. The molecule has 0 radical (unpaired) electrons. The van der Waals surface area contributed by atoms with Gasteiger partial charge in [-0.1, -0.05) is 38.8 Å².